The Labute approximate surface area is 423 Å². The Hall–Kier alpha value is -1.56. The highest BCUT2D eigenvalue weighted by Gasteiger charge is 2.27. The molecule has 0 saturated carbocycles. The average Bonchev–Trinajstić information content (AvgIpc) is 3.15. The van der Waals surface area contributed by atoms with E-state index in [0.717, 1.165) is 18.3 Å². The summed E-state index contributed by atoms with van der Waals surface area (Å²) in [6, 6.07) is 0. The van der Waals surface area contributed by atoms with E-state index in [-0.39, 0.29) is 0 Å². The monoisotopic (exact) mass is 925 g/mol. The second-order valence-corrected chi connectivity index (χ2v) is 26.2. The van der Waals surface area contributed by atoms with Crippen LogP contribution in [0.2, 0.25) is 0 Å². The molecule has 0 aromatic carbocycles. The van der Waals surface area contributed by atoms with E-state index < -0.39 is 0 Å². The highest BCUT2D eigenvalue weighted by molar-refractivity contribution is 5.11. The van der Waals surface area contributed by atoms with Crippen molar-refractivity contribution in [3.05, 3.63) is 69.4 Å². The van der Waals surface area contributed by atoms with Gasteiger partial charge in [-0.1, -0.05) is 241 Å². The topological polar surface area (TPSA) is 0 Å². The first-order valence-electron chi connectivity index (χ1n) is 27.5. The van der Waals surface area contributed by atoms with Gasteiger partial charge in [0.15, 0.2) is 0 Å². The molecule has 0 heteroatoms. The van der Waals surface area contributed by atoms with Crippen LogP contribution in [-0.2, 0) is 0 Å². The van der Waals surface area contributed by atoms with Gasteiger partial charge in [-0.05, 0) is 178 Å². The van der Waals surface area contributed by atoms with Gasteiger partial charge in [0, 0.05) is 0 Å². The molecular weight excluding hydrogens is 793 g/mol. The number of allylic oxidation sites excluding steroid dienone is 11. The van der Waals surface area contributed by atoms with Gasteiger partial charge in [-0.25, -0.2) is 0 Å². The standard InChI is InChI=1S/2C13H26.2C11H22.2C9H18/c2*1-8-12(4,5)10-13(6,7)9-11(2)3;2*1-6-8-11(4,5)9-10(3)7-2;2*1-6-8(4)9(5)7(2)3/h9H,8,10H2,1-7H3;2,8-10H2,1,3-7H3;9H,6-8H2,1-5H3;7H,6,8-9H2,1-5H3;8H,6H2,1-5H3;7H,6H2,1-5H3/b;;10-9+;10-7+;;9-8+. The lowest BCUT2D eigenvalue weighted by Crippen LogP contribution is -2.22. The van der Waals surface area contributed by atoms with Gasteiger partial charge in [0.2, 0.25) is 0 Å². The molecule has 0 heterocycles. The van der Waals surface area contributed by atoms with Crippen LogP contribution in [0.25, 0.3) is 0 Å². The lowest BCUT2D eigenvalue weighted by molar-refractivity contribution is 0.187. The van der Waals surface area contributed by atoms with Crippen molar-refractivity contribution in [1.82, 2.24) is 0 Å². The molecule has 0 radical (unpaired) electrons. The molecular formula is C66H132. The lowest BCUT2D eigenvalue weighted by atomic mass is 9.71. The number of rotatable bonds is 21. The summed E-state index contributed by atoms with van der Waals surface area (Å²) in [5, 5.41) is 0. The summed E-state index contributed by atoms with van der Waals surface area (Å²) in [6.07, 6.45) is 23.3. The first-order chi connectivity index (χ1) is 29.6. The molecule has 0 rings (SSSR count). The van der Waals surface area contributed by atoms with Crippen molar-refractivity contribution in [2.75, 3.05) is 0 Å². The van der Waals surface area contributed by atoms with Crippen LogP contribution >= 0.6 is 0 Å². The van der Waals surface area contributed by atoms with E-state index in [2.05, 4.69) is 253 Å². The molecule has 66 heavy (non-hydrogen) atoms. The minimum atomic E-state index is 0.346. The molecule has 0 N–H and O–H groups in total. The van der Waals surface area contributed by atoms with Crippen LogP contribution in [0.5, 0.6) is 0 Å². The number of hydrogen-bond acceptors (Lipinski definition) is 0. The third kappa shape index (κ3) is 50.3. The summed E-state index contributed by atoms with van der Waals surface area (Å²) in [5.74, 6) is 1.50. The summed E-state index contributed by atoms with van der Waals surface area (Å²) in [4.78, 5) is 0. The molecule has 0 aromatic rings. The largest absolute Gasteiger partial charge is 0.100 e. The Balaban J connectivity index is -0.000000165. The first kappa shape index (κ1) is 75.9. The minimum absolute atomic E-state index is 0.346. The van der Waals surface area contributed by atoms with Gasteiger partial charge in [0.1, 0.15) is 0 Å². The maximum atomic E-state index is 4.00. The summed E-state index contributed by atoms with van der Waals surface area (Å²) < 4.78 is 0. The summed E-state index contributed by atoms with van der Waals surface area (Å²) >= 11 is 0. The number of hydrogen-bond donors (Lipinski definition) is 0. The smallest absolute Gasteiger partial charge is 0.0167 e. The molecule has 0 spiro atoms. The molecule has 396 valence electrons. The van der Waals surface area contributed by atoms with Crippen LogP contribution in [0.1, 0.15) is 312 Å². The Morgan fingerprint density at radius 1 is 0.485 bits per heavy atom. The quantitative estimate of drug-likeness (QED) is 0.101. The van der Waals surface area contributed by atoms with Crippen LogP contribution in [-0.4, -0.2) is 0 Å². The van der Waals surface area contributed by atoms with Gasteiger partial charge in [-0.2, -0.15) is 0 Å². The summed E-state index contributed by atoms with van der Waals surface area (Å²) in [7, 11) is 0. The van der Waals surface area contributed by atoms with Gasteiger partial charge in [0.25, 0.3) is 0 Å². The highest BCUT2D eigenvalue weighted by atomic mass is 14.3. The summed E-state index contributed by atoms with van der Waals surface area (Å²) in [6.45, 7) is 78.7. The molecule has 0 bridgehead atoms. The normalized spacial score (nSPS) is 13.4. The fraction of sp³-hybridized carbons (Fsp3) is 0.818. The van der Waals surface area contributed by atoms with Crippen LogP contribution in [0, 0.1) is 44.3 Å². The minimum Gasteiger partial charge on any atom is -0.100 e. The third-order valence-corrected chi connectivity index (χ3v) is 13.7. The zero-order chi connectivity index (χ0) is 54.1. The fourth-order valence-electron chi connectivity index (χ4n) is 9.17. The van der Waals surface area contributed by atoms with E-state index in [9.17, 15) is 0 Å². The zero-order valence-electron chi connectivity index (χ0n) is 52.8. The summed E-state index contributed by atoms with van der Waals surface area (Å²) in [5.41, 5.74) is 14.5. The van der Waals surface area contributed by atoms with Crippen LogP contribution in [0.15, 0.2) is 69.4 Å². The molecule has 0 saturated heterocycles. The molecule has 1 atom stereocenters. The Morgan fingerprint density at radius 2 is 0.924 bits per heavy atom. The van der Waals surface area contributed by atoms with Gasteiger partial charge in [-0.15, -0.1) is 6.58 Å². The molecule has 0 fully saturated rings. The van der Waals surface area contributed by atoms with E-state index in [4.69, 9.17) is 0 Å². The van der Waals surface area contributed by atoms with Crippen molar-refractivity contribution in [2.24, 2.45) is 44.3 Å². The van der Waals surface area contributed by atoms with Crippen LogP contribution in [0.4, 0.5) is 0 Å². The molecule has 0 aliphatic carbocycles. The average molecular weight is 926 g/mol. The maximum absolute atomic E-state index is 4.00. The maximum Gasteiger partial charge on any atom is -0.0167 e. The van der Waals surface area contributed by atoms with Crippen molar-refractivity contribution < 1.29 is 0 Å². The van der Waals surface area contributed by atoms with Gasteiger partial charge < -0.3 is 0 Å². The van der Waals surface area contributed by atoms with Crippen molar-refractivity contribution in [2.45, 2.75) is 312 Å². The highest BCUT2D eigenvalue weighted by Crippen LogP contribution is 2.40. The van der Waals surface area contributed by atoms with E-state index in [0.29, 0.717) is 32.5 Å². The van der Waals surface area contributed by atoms with Crippen molar-refractivity contribution in [3.8, 4) is 0 Å². The Kier molecular flexibility index (Phi) is 44.0. The first-order valence-corrected chi connectivity index (χ1v) is 27.5. The molecule has 0 amide bonds. The molecule has 0 aliphatic rings. The SMILES string of the molecule is C/C=C(\C)CC(C)(C)CCC.C=C(C)CC(C)(C)CC(C)(C)CC.CC/C(C)=C(\C)C(C)C.CCC(C)(C)CC(C)(C)C=C(C)C.CCC(C)C(C)=C(C)C.CCCC(C)(C)/C=C(\C)CC. The van der Waals surface area contributed by atoms with Gasteiger partial charge in [-0.3, -0.25) is 0 Å². The van der Waals surface area contributed by atoms with E-state index >= 15 is 0 Å². The van der Waals surface area contributed by atoms with Gasteiger partial charge in [0.05, 0.1) is 0 Å². The predicted octanol–water partition coefficient (Wildman–Crippen LogP) is 24.7. The zero-order valence-corrected chi connectivity index (χ0v) is 52.8. The van der Waals surface area contributed by atoms with Gasteiger partial charge >= 0.3 is 0 Å². The Morgan fingerprint density at radius 3 is 1.20 bits per heavy atom. The predicted molar refractivity (Wildman–Crippen MR) is 316 cm³/mol. The molecule has 1 unspecified atom stereocenters. The molecule has 0 aliphatic heterocycles. The molecule has 0 aromatic heterocycles. The van der Waals surface area contributed by atoms with Crippen molar-refractivity contribution in [1.29, 1.82) is 0 Å². The van der Waals surface area contributed by atoms with Crippen LogP contribution in [0.3, 0.4) is 0 Å². The third-order valence-electron chi connectivity index (χ3n) is 13.7. The molecule has 0 nitrogen and oxygen atoms in total. The lowest BCUT2D eigenvalue weighted by Gasteiger charge is -2.34. The second-order valence-electron chi connectivity index (χ2n) is 26.2. The van der Waals surface area contributed by atoms with E-state index in [1.54, 1.807) is 16.7 Å². The second kappa shape index (κ2) is 38.2. The van der Waals surface area contributed by atoms with Crippen molar-refractivity contribution >= 4 is 0 Å². The van der Waals surface area contributed by atoms with E-state index in [1.807, 2.05) is 0 Å². The van der Waals surface area contributed by atoms with Crippen LogP contribution < -0.4 is 0 Å². The Bertz CT molecular complexity index is 1370. The fourth-order valence-corrected chi connectivity index (χ4v) is 9.17. The van der Waals surface area contributed by atoms with E-state index in [1.165, 1.54) is 105 Å². The van der Waals surface area contributed by atoms with Crippen molar-refractivity contribution in [3.63, 3.8) is 0 Å².